The Hall–Kier alpha value is -4.11. The molecule has 1 atom stereocenters. The van der Waals surface area contributed by atoms with Gasteiger partial charge >= 0.3 is 6.01 Å². The van der Waals surface area contributed by atoms with E-state index in [1.54, 1.807) is 0 Å². The van der Waals surface area contributed by atoms with Gasteiger partial charge < -0.3 is 24.2 Å². The number of terminal acetylenes is 1. The zero-order valence-electron chi connectivity index (χ0n) is 24.8. The van der Waals surface area contributed by atoms with Gasteiger partial charge in [0.1, 0.15) is 35.2 Å². The SMILES string of the molecule is C#Cc1c(F)ccc2cc(O)cc(-c3ncc4c(N5CCOCC56CCOC6)nc(OCC56CCCN5CCC6)nc4c3F)c12. The molecule has 4 aliphatic heterocycles. The third-order valence-corrected chi connectivity index (χ3v) is 10.1. The zero-order chi connectivity index (χ0) is 30.8. The number of fused-ring (bicyclic) bond motifs is 3. The van der Waals surface area contributed by atoms with Gasteiger partial charge in [0.15, 0.2) is 5.82 Å². The number of aromatic hydroxyl groups is 1. The van der Waals surface area contributed by atoms with Crippen LogP contribution in [0.2, 0.25) is 0 Å². The third kappa shape index (κ3) is 4.49. The van der Waals surface area contributed by atoms with Gasteiger partial charge in [0.05, 0.1) is 41.8 Å². The minimum Gasteiger partial charge on any atom is -0.508 e. The standard InChI is InChI=1S/C34H33F2N5O4/c1-2-23-26(35)6-5-21-15-22(42)16-24(27(21)23)29-28(36)30-25(17-37-29)31(41-12-14-44-19-34(41)9-13-43-18-34)39-32(38-30)45-20-33-7-3-10-40(33)11-4-8-33/h1,5-6,15-17,42H,3-4,7-14,18-20H2. The maximum Gasteiger partial charge on any atom is 0.319 e. The van der Waals surface area contributed by atoms with Crippen molar-refractivity contribution in [2.75, 3.05) is 57.6 Å². The number of morpholine rings is 1. The first-order chi connectivity index (χ1) is 21.9. The van der Waals surface area contributed by atoms with Gasteiger partial charge in [-0.15, -0.1) is 6.42 Å². The lowest BCUT2D eigenvalue weighted by Gasteiger charge is -2.44. The number of ether oxygens (including phenoxy) is 3. The molecule has 0 radical (unpaired) electrons. The third-order valence-electron chi connectivity index (χ3n) is 10.1. The fourth-order valence-electron chi connectivity index (χ4n) is 7.88. The predicted molar refractivity (Wildman–Crippen MR) is 164 cm³/mol. The molecule has 4 aliphatic rings. The van der Waals surface area contributed by atoms with Crippen molar-refractivity contribution < 1.29 is 28.1 Å². The molecule has 0 saturated carbocycles. The minimum atomic E-state index is -0.744. The molecule has 11 heteroatoms. The maximum atomic E-state index is 16.9. The largest absolute Gasteiger partial charge is 0.508 e. The highest BCUT2D eigenvalue weighted by molar-refractivity contribution is 6.03. The normalized spacial score (nSPS) is 22.8. The van der Waals surface area contributed by atoms with Crippen molar-refractivity contribution >= 4 is 27.5 Å². The van der Waals surface area contributed by atoms with Crippen LogP contribution in [0, 0.1) is 24.0 Å². The van der Waals surface area contributed by atoms with Crippen molar-refractivity contribution in [1.29, 1.82) is 0 Å². The van der Waals surface area contributed by atoms with Crippen LogP contribution in [0.15, 0.2) is 30.5 Å². The Kier molecular flexibility index (Phi) is 6.78. The van der Waals surface area contributed by atoms with E-state index in [4.69, 9.17) is 25.6 Å². The summed E-state index contributed by atoms with van der Waals surface area (Å²) in [6.45, 7) is 5.00. The van der Waals surface area contributed by atoms with Crippen LogP contribution in [-0.4, -0.2) is 88.7 Å². The first kappa shape index (κ1) is 28.4. The Bertz CT molecular complexity index is 1860. The lowest BCUT2D eigenvalue weighted by Crippen LogP contribution is -2.58. The molecule has 0 aliphatic carbocycles. The molecule has 1 unspecified atom stereocenters. The lowest BCUT2D eigenvalue weighted by atomic mass is 9.94. The average molecular weight is 614 g/mol. The van der Waals surface area contributed by atoms with Crippen LogP contribution in [0.3, 0.4) is 0 Å². The summed E-state index contributed by atoms with van der Waals surface area (Å²) in [5.74, 6) is 1.40. The number of anilines is 1. The number of aromatic nitrogens is 3. The Balaban J connectivity index is 1.31. The molecular weight excluding hydrogens is 580 g/mol. The minimum absolute atomic E-state index is 0.0166. The van der Waals surface area contributed by atoms with E-state index in [0.29, 0.717) is 56.2 Å². The smallest absolute Gasteiger partial charge is 0.319 e. The topological polar surface area (TPSA) is 93.1 Å². The van der Waals surface area contributed by atoms with Gasteiger partial charge in [-0.25, -0.2) is 8.78 Å². The van der Waals surface area contributed by atoms with E-state index < -0.39 is 17.2 Å². The van der Waals surface area contributed by atoms with Crippen LogP contribution < -0.4 is 9.64 Å². The molecule has 6 heterocycles. The summed E-state index contributed by atoms with van der Waals surface area (Å²) in [6, 6.07) is 5.61. The molecule has 8 rings (SSSR count). The van der Waals surface area contributed by atoms with Gasteiger partial charge in [-0.2, -0.15) is 9.97 Å². The summed E-state index contributed by atoms with van der Waals surface area (Å²) >= 11 is 0. The molecule has 45 heavy (non-hydrogen) atoms. The van der Waals surface area contributed by atoms with Gasteiger partial charge in [-0.05, 0) is 68.8 Å². The molecule has 1 spiro atoms. The Labute approximate surface area is 259 Å². The van der Waals surface area contributed by atoms with E-state index in [1.165, 1.54) is 30.5 Å². The monoisotopic (exact) mass is 613 g/mol. The van der Waals surface area contributed by atoms with Crippen molar-refractivity contribution in [2.45, 2.75) is 43.2 Å². The number of phenolic OH excluding ortho intramolecular Hbond substituents is 1. The summed E-state index contributed by atoms with van der Waals surface area (Å²) in [4.78, 5) is 18.7. The van der Waals surface area contributed by atoms with Gasteiger partial charge in [0, 0.05) is 30.3 Å². The van der Waals surface area contributed by atoms with Crippen LogP contribution in [0.5, 0.6) is 11.8 Å². The summed E-state index contributed by atoms with van der Waals surface area (Å²) in [5.41, 5.74) is -0.487. The lowest BCUT2D eigenvalue weighted by molar-refractivity contribution is 0.0418. The number of hydrogen-bond acceptors (Lipinski definition) is 9. The quantitative estimate of drug-likeness (QED) is 0.318. The van der Waals surface area contributed by atoms with Crippen molar-refractivity contribution in [3.8, 4) is 35.4 Å². The second kappa shape index (κ2) is 10.8. The highest BCUT2D eigenvalue weighted by Gasteiger charge is 2.46. The summed E-state index contributed by atoms with van der Waals surface area (Å²) in [6.07, 6.45) is 12.3. The summed E-state index contributed by atoms with van der Waals surface area (Å²) < 4.78 is 49.8. The first-order valence-corrected chi connectivity index (χ1v) is 15.5. The number of hydrogen-bond donors (Lipinski definition) is 1. The van der Waals surface area contributed by atoms with Crippen LogP contribution >= 0.6 is 0 Å². The predicted octanol–water partition coefficient (Wildman–Crippen LogP) is 4.81. The number of benzene rings is 2. The van der Waals surface area contributed by atoms with E-state index in [0.717, 1.165) is 45.2 Å². The highest BCUT2D eigenvalue weighted by atomic mass is 19.1. The Morgan fingerprint density at radius 2 is 1.82 bits per heavy atom. The van der Waals surface area contributed by atoms with Crippen molar-refractivity contribution in [1.82, 2.24) is 19.9 Å². The number of phenols is 1. The fourth-order valence-corrected chi connectivity index (χ4v) is 7.88. The van der Waals surface area contributed by atoms with Crippen LogP contribution in [0.25, 0.3) is 32.9 Å². The molecule has 2 aromatic heterocycles. The molecule has 0 amide bonds. The van der Waals surface area contributed by atoms with E-state index in [1.807, 2.05) is 0 Å². The number of halogens is 2. The molecule has 4 saturated heterocycles. The van der Waals surface area contributed by atoms with E-state index >= 15 is 4.39 Å². The molecular formula is C34H33F2N5O4. The van der Waals surface area contributed by atoms with Crippen molar-refractivity contribution in [3.05, 3.63) is 47.7 Å². The Morgan fingerprint density at radius 1 is 1.02 bits per heavy atom. The summed E-state index contributed by atoms with van der Waals surface area (Å²) in [5, 5.41) is 11.7. The van der Waals surface area contributed by atoms with Gasteiger partial charge in [-0.1, -0.05) is 12.0 Å². The van der Waals surface area contributed by atoms with Crippen LogP contribution in [0.1, 0.15) is 37.7 Å². The molecule has 9 nitrogen and oxygen atoms in total. The van der Waals surface area contributed by atoms with E-state index in [-0.39, 0.29) is 45.0 Å². The molecule has 0 bridgehead atoms. The second-order valence-electron chi connectivity index (χ2n) is 12.6. The number of pyridine rings is 1. The molecule has 4 fully saturated rings. The van der Waals surface area contributed by atoms with E-state index in [2.05, 4.69) is 25.7 Å². The van der Waals surface area contributed by atoms with Gasteiger partial charge in [0.25, 0.3) is 0 Å². The van der Waals surface area contributed by atoms with Crippen LogP contribution in [-0.2, 0) is 9.47 Å². The van der Waals surface area contributed by atoms with Crippen molar-refractivity contribution in [2.24, 2.45) is 0 Å². The summed E-state index contributed by atoms with van der Waals surface area (Å²) in [7, 11) is 0. The van der Waals surface area contributed by atoms with E-state index in [9.17, 15) is 9.50 Å². The highest BCUT2D eigenvalue weighted by Crippen LogP contribution is 2.42. The van der Waals surface area contributed by atoms with Crippen molar-refractivity contribution in [3.63, 3.8) is 0 Å². The Morgan fingerprint density at radius 3 is 2.58 bits per heavy atom. The van der Waals surface area contributed by atoms with Gasteiger partial charge in [0.2, 0.25) is 0 Å². The van der Waals surface area contributed by atoms with Gasteiger partial charge in [-0.3, -0.25) is 9.88 Å². The molecule has 2 aromatic carbocycles. The number of nitrogens with zero attached hydrogens (tertiary/aromatic N) is 5. The fraction of sp³-hybridized carbons (Fsp3) is 0.441. The van der Waals surface area contributed by atoms with Crippen LogP contribution in [0.4, 0.5) is 14.6 Å². The molecule has 1 N–H and O–H groups in total. The number of rotatable bonds is 5. The average Bonchev–Trinajstić information content (AvgIpc) is 3.77. The molecule has 4 aromatic rings. The maximum absolute atomic E-state index is 16.9. The zero-order valence-corrected chi connectivity index (χ0v) is 24.8. The second-order valence-corrected chi connectivity index (χ2v) is 12.6. The molecule has 232 valence electrons. The first-order valence-electron chi connectivity index (χ1n) is 15.5.